The summed E-state index contributed by atoms with van der Waals surface area (Å²) in [4.78, 5) is 5.30. The van der Waals surface area contributed by atoms with Crippen LogP contribution in [0.15, 0.2) is 0 Å². The third-order valence-electron chi connectivity index (χ3n) is 4.41. The Morgan fingerprint density at radius 1 is 0.824 bits per heavy atom. The van der Waals surface area contributed by atoms with E-state index in [2.05, 4.69) is 9.80 Å². The highest BCUT2D eigenvalue weighted by atomic mass is 15.2. The molecule has 0 amide bonds. The maximum absolute atomic E-state index is 5.65. The van der Waals surface area contributed by atoms with Gasteiger partial charge in [0.25, 0.3) is 0 Å². The molecule has 2 aliphatic rings. The lowest BCUT2D eigenvalue weighted by Crippen LogP contribution is -2.38. The molecule has 3 heteroatoms. The van der Waals surface area contributed by atoms with Crippen LogP contribution in [0.25, 0.3) is 0 Å². The van der Waals surface area contributed by atoms with E-state index in [1.54, 1.807) is 0 Å². The van der Waals surface area contributed by atoms with Crippen LogP contribution in [0, 0.1) is 0 Å². The zero-order valence-electron chi connectivity index (χ0n) is 11.2. The average Bonchev–Trinajstić information content (AvgIpc) is 2.71. The first-order chi connectivity index (χ1) is 8.40. The van der Waals surface area contributed by atoms with Gasteiger partial charge >= 0.3 is 0 Å². The first kappa shape index (κ1) is 13.3. The van der Waals surface area contributed by atoms with Crippen molar-refractivity contribution in [1.82, 2.24) is 9.80 Å². The largest absolute Gasteiger partial charge is 0.329 e. The second kappa shape index (κ2) is 7.34. The summed E-state index contributed by atoms with van der Waals surface area (Å²) in [6.07, 6.45) is 10.0. The molecule has 17 heavy (non-hydrogen) atoms. The fraction of sp³-hybridized carbons (Fsp3) is 1.00. The molecule has 1 heterocycles. The summed E-state index contributed by atoms with van der Waals surface area (Å²) in [5.74, 6) is 0. The SMILES string of the molecule is NCCN1CCCN(C2CCCCCC2)CC1. The van der Waals surface area contributed by atoms with Gasteiger partial charge in [0, 0.05) is 32.2 Å². The van der Waals surface area contributed by atoms with Crippen molar-refractivity contribution in [1.29, 1.82) is 0 Å². The van der Waals surface area contributed by atoms with Crippen molar-refractivity contribution in [3.05, 3.63) is 0 Å². The molecule has 100 valence electrons. The molecule has 3 nitrogen and oxygen atoms in total. The lowest BCUT2D eigenvalue weighted by Gasteiger charge is -2.30. The van der Waals surface area contributed by atoms with Gasteiger partial charge in [-0.05, 0) is 32.4 Å². The summed E-state index contributed by atoms with van der Waals surface area (Å²) in [5.41, 5.74) is 5.65. The van der Waals surface area contributed by atoms with Crippen molar-refractivity contribution in [2.75, 3.05) is 39.3 Å². The predicted octanol–water partition coefficient (Wildman–Crippen LogP) is 1.68. The molecular formula is C14H29N3. The van der Waals surface area contributed by atoms with Crippen molar-refractivity contribution in [2.45, 2.75) is 51.0 Å². The lowest BCUT2D eigenvalue weighted by molar-refractivity contribution is 0.182. The summed E-state index contributed by atoms with van der Waals surface area (Å²) in [6.45, 7) is 6.95. The van der Waals surface area contributed by atoms with Crippen LogP contribution in [-0.2, 0) is 0 Å². The minimum atomic E-state index is 0.809. The highest BCUT2D eigenvalue weighted by molar-refractivity contribution is 4.78. The molecule has 2 N–H and O–H groups in total. The van der Waals surface area contributed by atoms with E-state index in [9.17, 15) is 0 Å². The average molecular weight is 239 g/mol. The topological polar surface area (TPSA) is 32.5 Å². The first-order valence-corrected chi connectivity index (χ1v) is 7.56. The van der Waals surface area contributed by atoms with Gasteiger partial charge in [-0.15, -0.1) is 0 Å². The number of rotatable bonds is 3. The third-order valence-corrected chi connectivity index (χ3v) is 4.41. The molecule has 1 saturated heterocycles. The van der Waals surface area contributed by atoms with Gasteiger partial charge in [-0.3, -0.25) is 4.90 Å². The Kier molecular flexibility index (Phi) is 5.75. The lowest BCUT2D eigenvalue weighted by atomic mass is 10.1. The second-order valence-corrected chi connectivity index (χ2v) is 5.67. The summed E-state index contributed by atoms with van der Waals surface area (Å²) in [6, 6.07) is 0.885. The fourth-order valence-corrected chi connectivity index (χ4v) is 3.39. The summed E-state index contributed by atoms with van der Waals surface area (Å²) in [5, 5.41) is 0. The van der Waals surface area contributed by atoms with Crippen LogP contribution in [0.2, 0.25) is 0 Å². The van der Waals surface area contributed by atoms with Crippen molar-refractivity contribution >= 4 is 0 Å². The molecule has 0 bridgehead atoms. The molecule has 2 rings (SSSR count). The molecule has 0 aromatic heterocycles. The molecule has 0 spiro atoms. The van der Waals surface area contributed by atoms with Crippen LogP contribution >= 0.6 is 0 Å². The van der Waals surface area contributed by atoms with E-state index in [0.717, 1.165) is 19.1 Å². The van der Waals surface area contributed by atoms with Crippen molar-refractivity contribution in [3.8, 4) is 0 Å². The Balaban J connectivity index is 1.80. The monoisotopic (exact) mass is 239 g/mol. The summed E-state index contributed by atoms with van der Waals surface area (Å²) >= 11 is 0. The van der Waals surface area contributed by atoms with Crippen LogP contribution in [0.3, 0.4) is 0 Å². The second-order valence-electron chi connectivity index (χ2n) is 5.67. The molecule has 2 fully saturated rings. The maximum Gasteiger partial charge on any atom is 0.0112 e. The Labute approximate surface area is 106 Å². The van der Waals surface area contributed by atoms with Gasteiger partial charge in [0.05, 0.1) is 0 Å². The van der Waals surface area contributed by atoms with Gasteiger partial charge in [-0.1, -0.05) is 25.7 Å². The van der Waals surface area contributed by atoms with Gasteiger partial charge in [0.2, 0.25) is 0 Å². The van der Waals surface area contributed by atoms with Gasteiger partial charge in [0.15, 0.2) is 0 Å². The van der Waals surface area contributed by atoms with Crippen molar-refractivity contribution in [3.63, 3.8) is 0 Å². The zero-order chi connectivity index (χ0) is 11.9. The van der Waals surface area contributed by atoms with E-state index in [1.807, 2.05) is 0 Å². The minimum Gasteiger partial charge on any atom is -0.329 e. The van der Waals surface area contributed by atoms with Crippen LogP contribution in [0.5, 0.6) is 0 Å². The highest BCUT2D eigenvalue weighted by Crippen LogP contribution is 2.22. The number of nitrogens with two attached hydrogens (primary N) is 1. The minimum absolute atomic E-state index is 0.809. The Morgan fingerprint density at radius 2 is 1.59 bits per heavy atom. The normalized spacial score (nSPS) is 26.6. The van der Waals surface area contributed by atoms with E-state index in [1.165, 1.54) is 71.1 Å². The Bertz CT molecular complexity index is 200. The van der Waals surface area contributed by atoms with E-state index < -0.39 is 0 Å². The molecule has 1 aliphatic heterocycles. The van der Waals surface area contributed by atoms with Gasteiger partial charge in [-0.2, -0.15) is 0 Å². The van der Waals surface area contributed by atoms with Crippen LogP contribution < -0.4 is 5.73 Å². The van der Waals surface area contributed by atoms with Crippen LogP contribution in [0.1, 0.15) is 44.9 Å². The number of nitrogens with zero attached hydrogens (tertiary/aromatic N) is 2. The van der Waals surface area contributed by atoms with Crippen molar-refractivity contribution < 1.29 is 0 Å². The quantitative estimate of drug-likeness (QED) is 0.761. The smallest absolute Gasteiger partial charge is 0.0112 e. The van der Waals surface area contributed by atoms with E-state index in [4.69, 9.17) is 5.73 Å². The fourth-order valence-electron chi connectivity index (χ4n) is 3.39. The standard InChI is InChI=1S/C14H29N3/c15-8-11-16-9-5-10-17(13-12-16)14-6-3-1-2-4-7-14/h14H,1-13,15H2. The van der Waals surface area contributed by atoms with Crippen LogP contribution in [0.4, 0.5) is 0 Å². The number of hydrogen-bond acceptors (Lipinski definition) is 3. The van der Waals surface area contributed by atoms with Crippen LogP contribution in [-0.4, -0.2) is 55.1 Å². The van der Waals surface area contributed by atoms with Crippen molar-refractivity contribution in [2.24, 2.45) is 5.73 Å². The molecule has 0 aromatic rings. The van der Waals surface area contributed by atoms with E-state index in [0.29, 0.717) is 0 Å². The molecule has 1 aliphatic carbocycles. The molecule has 1 saturated carbocycles. The number of hydrogen-bond donors (Lipinski definition) is 1. The Hall–Kier alpha value is -0.120. The molecule has 0 atom stereocenters. The molecule has 0 radical (unpaired) electrons. The zero-order valence-corrected chi connectivity index (χ0v) is 11.2. The van der Waals surface area contributed by atoms with Gasteiger partial charge in [-0.25, -0.2) is 0 Å². The summed E-state index contributed by atoms with van der Waals surface area (Å²) < 4.78 is 0. The third kappa shape index (κ3) is 4.23. The molecule has 0 unspecified atom stereocenters. The highest BCUT2D eigenvalue weighted by Gasteiger charge is 2.22. The first-order valence-electron chi connectivity index (χ1n) is 7.56. The molecular weight excluding hydrogens is 210 g/mol. The van der Waals surface area contributed by atoms with E-state index >= 15 is 0 Å². The predicted molar refractivity (Wildman–Crippen MR) is 73.2 cm³/mol. The maximum atomic E-state index is 5.65. The van der Waals surface area contributed by atoms with Gasteiger partial charge in [0.1, 0.15) is 0 Å². The Morgan fingerprint density at radius 3 is 2.29 bits per heavy atom. The van der Waals surface area contributed by atoms with E-state index in [-0.39, 0.29) is 0 Å². The molecule has 0 aromatic carbocycles. The van der Waals surface area contributed by atoms with Gasteiger partial charge < -0.3 is 10.6 Å². The summed E-state index contributed by atoms with van der Waals surface area (Å²) in [7, 11) is 0.